The Morgan fingerprint density at radius 3 is 2.57 bits per heavy atom. The molecule has 2 N–H and O–H groups in total. The molecule has 0 aliphatic heterocycles. The van der Waals surface area contributed by atoms with E-state index in [1.54, 1.807) is 0 Å². The molecule has 0 saturated carbocycles. The van der Waals surface area contributed by atoms with Crippen LogP contribution in [-0.4, -0.2) is 0 Å². The summed E-state index contributed by atoms with van der Waals surface area (Å²) in [5.41, 5.74) is 9.03. The number of rotatable bonds is 1. The van der Waals surface area contributed by atoms with Gasteiger partial charge in [0.1, 0.15) is 0 Å². The summed E-state index contributed by atoms with van der Waals surface area (Å²) in [6.07, 6.45) is 7.88. The van der Waals surface area contributed by atoms with Gasteiger partial charge in [0, 0.05) is 5.69 Å². The van der Waals surface area contributed by atoms with Gasteiger partial charge in [-0.05, 0) is 35.6 Å². The van der Waals surface area contributed by atoms with Crippen molar-refractivity contribution in [2.45, 2.75) is 13.3 Å². The average molecular weight is 185 g/mol. The first-order chi connectivity index (χ1) is 6.75. The highest BCUT2D eigenvalue weighted by molar-refractivity contribution is 5.75. The minimum absolute atomic E-state index is 0.646. The topological polar surface area (TPSA) is 26.0 Å². The van der Waals surface area contributed by atoms with Crippen molar-refractivity contribution in [2.75, 3.05) is 5.73 Å². The predicted molar refractivity (Wildman–Crippen MR) is 61.8 cm³/mol. The molecule has 1 heteroatoms. The van der Waals surface area contributed by atoms with Gasteiger partial charge in [-0.3, -0.25) is 0 Å². The first-order valence-corrected chi connectivity index (χ1v) is 5.00. The highest BCUT2D eigenvalue weighted by Crippen LogP contribution is 2.24. The van der Waals surface area contributed by atoms with Crippen LogP contribution < -0.4 is 5.73 Å². The van der Waals surface area contributed by atoms with E-state index in [9.17, 15) is 0 Å². The number of anilines is 1. The molecular formula is C13H15N. The summed E-state index contributed by atoms with van der Waals surface area (Å²) in [6, 6.07) is 8.04. The first kappa shape index (κ1) is 9.07. The van der Waals surface area contributed by atoms with Crippen LogP contribution in [0.4, 0.5) is 5.69 Å². The van der Waals surface area contributed by atoms with Crippen molar-refractivity contribution >= 4 is 11.3 Å². The molecule has 1 aliphatic carbocycles. The average Bonchev–Trinajstić information content (AvgIpc) is 2.19. The summed E-state index contributed by atoms with van der Waals surface area (Å²) in [4.78, 5) is 0. The van der Waals surface area contributed by atoms with E-state index in [4.69, 9.17) is 5.73 Å². The Bertz CT molecular complexity index is 371. The van der Waals surface area contributed by atoms with Crippen LogP contribution in [0.15, 0.2) is 42.5 Å². The van der Waals surface area contributed by atoms with E-state index < -0.39 is 0 Å². The van der Waals surface area contributed by atoms with Crippen LogP contribution in [0.2, 0.25) is 0 Å². The molecule has 14 heavy (non-hydrogen) atoms. The quantitative estimate of drug-likeness (QED) is 0.668. The zero-order valence-electron chi connectivity index (χ0n) is 8.40. The van der Waals surface area contributed by atoms with Crippen LogP contribution >= 0.6 is 0 Å². The summed E-state index contributed by atoms with van der Waals surface area (Å²) >= 11 is 0. The van der Waals surface area contributed by atoms with Crippen molar-refractivity contribution in [3.8, 4) is 0 Å². The molecule has 1 aliphatic rings. The third kappa shape index (κ3) is 1.87. The number of nitrogens with two attached hydrogens (primary N) is 1. The SMILES string of the molecule is CC1C=C(c2ccc(N)cc2)C=CC1. The molecule has 0 fully saturated rings. The van der Waals surface area contributed by atoms with E-state index in [1.807, 2.05) is 12.1 Å². The van der Waals surface area contributed by atoms with E-state index >= 15 is 0 Å². The molecule has 72 valence electrons. The monoisotopic (exact) mass is 185 g/mol. The normalized spacial score (nSPS) is 20.6. The second-order valence-electron chi connectivity index (χ2n) is 3.86. The highest BCUT2D eigenvalue weighted by atomic mass is 14.5. The molecule has 0 spiro atoms. The van der Waals surface area contributed by atoms with Gasteiger partial charge < -0.3 is 5.73 Å². The lowest BCUT2D eigenvalue weighted by atomic mass is 9.93. The van der Waals surface area contributed by atoms with Gasteiger partial charge in [-0.2, -0.15) is 0 Å². The summed E-state index contributed by atoms with van der Waals surface area (Å²) in [5, 5.41) is 0. The third-order valence-corrected chi connectivity index (χ3v) is 2.51. The molecule has 2 rings (SSSR count). The molecule has 1 atom stereocenters. The van der Waals surface area contributed by atoms with Crippen molar-refractivity contribution < 1.29 is 0 Å². The minimum atomic E-state index is 0.646. The molecular weight excluding hydrogens is 170 g/mol. The molecule has 1 aromatic carbocycles. The van der Waals surface area contributed by atoms with Gasteiger partial charge in [0.2, 0.25) is 0 Å². The summed E-state index contributed by atoms with van der Waals surface area (Å²) < 4.78 is 0. The van der Waals surface area contributed by atoms with Gasteiger partial charge in [-0.25, -0.2) is 0 Å². The van der Waals surface area contributed by atoms with Crippen molar-refractivity contribution in [2.24, 2.45) is 5.92 Å². The Hall–Kier alpha value is -1.50. The Balaban J connectivity index is 2.31. The maximum absolute atomic E-state index is 5.65. The second kappa shape index (κ2) is 3.70. The Morgan fingerprint density at radius 1 is 1.21 bits per heavy atom. The number of hydrogen-bond donors (Lipinski definition) is 1. The lowest BCUT2D eigenvalue weighted by Crippen LogP contribution is -1.95. The molecule has 1 nitrogen and oxygen atoms in total. The van der Waals surface area contributed by atoms with E-state index in [0.717, 1.165) is 12.1 Å². The molecule has 0 bridgehead atoms. The standard InChI is InChI=1S/C13H15N/c1-10-3-2-4-12(9-10)11-5-7-13(14)8-6-11/h2,4-10H,3,14H2,1H3. The minimum Gasteiger partial charge on any atom is -0.399 e. The van der Waals surface area contributed by atoms with Crippen LogP contribution in [0.5, 0.6) is 0 Å². The first-order valence-electron chi connectivity index (χ1n) is 5.00. The maximum atomic E-state index is 5.65. The van der Waals surface area contributed by atoms with Crippen LogP contribution in [0.1, 0.15) is 18.9 Å². The van der Waals surface area contributed by atoms with Crippen molar-refractivity contribution in [3.63, 3.8) is 0 Å². The van der Waals surface area contributed by atoms with Gasteiger partial charge in [-0.1, -0.05) is 37.3 Å². The fraction of sp³-hybridized carbons (Fsp3) is 0.231. The fourth-order valence-corrected chi connectivity index (χ4v) is 1.71. The molecule has 0 radical (unpaired) electrons. The predicted octanol–water partition coefficient (Wildman–Crippen LogP) is 3.25. The second-order valence-corrected chi connectivity index (χ2v) is 3.86. The molecule has 0 amide bonds. The smallest absolute Gasteiger partial charge is 0.0314 e. The van der Waals surface area contributed by atoms with Gasteiger partial charge in [0.15, 0.2) is 0 Å². The van der Waals surface area contributed by atoms with Gasteiger partial charge in [0.05, 0.1) is 0 Å². The number of allylic oxidation sites excluding steroid dienone is 4. The summed E-state index contributed by atoms with van der Waals surface area (Å²) in [6.45, 7) is 2.24. The molecule has 0 saturated heterocycles. The van der Waals surface area contributed by atoms with Crippen LogP contribution in [0.25, 0.3) is 5.57 Å². The highest BCUT2D eigenvalue weighted by Gasteiger charge is 2.05. The van der Waals surface area contributed by atoms with E-state index in [-0.39, 0.29) is 0 Å². The maximum Gasteiger partial charge on any atom is 0.0314 e. The van der Waals surface area contributed by atoms with Crippen molar-refractivity contribution in [1.29, 1.82) is 0 Å². The van der Waals surface area contributed by atoms with Crippen LogP contribution in [-0.2, 0) is 0 Å². The lowest BCUT2D eigenvalue weighted by molar-refractivity contribution is 0.740. The van der Waals surface area contributed by atoms with Crippen LogP contribution in [0, 0.1) is 5.92 Å². The largest absolute Gasteiger partial charge is 0.399 e. The Morgan fingerprint density at radius 2 is 1.93 bits per heavy atom. The lowest BCUT2D eigenvalue weighted by Gasteiger charge is -2.12. The molecule has 1 aromatic rings. The van der Waals surface area contributed by atoms with Gasteiger partial charge in [-0.15, -0.1) is 0 Å². The number of hydrogen-bond acceptors (Lipinski definition) is 1. The molecule has 1 unspecified atom stereocenters. The summed E-state index contributed by atoms with van der Waals surface area (Å²) in [7, 11) is 0. The number of nitrogen functional groups attached to an aromatic ring is 1. The van der Waals surface area contributed by atoms with E-state index in [1.165, 1.54) is 11.1 Å². The zero-order valence-corrected chi connectivity index (χ0v) is 8.40. The van der Waals surface area contributed by atoms with E-state index in [2.05, 4.69) is 37.3 Å². The summed E-state index contributed by atoms with van der Waals surface area (Å²) in [5.74, 6) is 0.646. The molecule has 0 heterocycles. The number of benzene rings is 1. The van der Waals surface area contributed by atoms with Crippen molar-refractivity contribution in [1.82, 2.24) is 0 Å². The van der Waals surface area contributed by atoms with Crippen molar-refractivity contribution in [3.05, 3.63) is 48.1 Å². The Kier molecular flexibility index (Phi) is 2.40. The van der Waals surface area contributed by atoms with Crippen LogP contribution in [0.3, 0.4) is 0 Å². The Labute approximate surface area is 84.9 Å². The third-order valence-electron chi connectivity index (χ3n) is 2.51. The zero-order chi connectivity index (χ0) is 9.97. The van der Waals surface area contributed by atoms with Gasteiger partial charge >= 0.3 is 0 Å². The molecule has 0 aromatic heterocycles. The van der Waals surface area contributed by atoms with Gasteiger partial charge in [0.25, 0.3) is 0 Å². The fourth-order valence-electron chi connectivity index (χ4n) is 1.71. The van der Waals surface area contributed by atoms with E-state index in [0.29, 0.717) is 5.92 Å².